The lowest BCUT2D eigenvalue weighted by molar-refractivity contribution is -0.150. The summed E-state index contributed by atoms with van der Waals surface area (Å²) in [6, 6.07) is 0.980. The molecular weight excluding hydrogens is 216 g/mol. The van der Waals surface area contributed by atoms with E-state index in [2.05, 4.69) is 9.80 Å². The van der Waals surface area contributed by atoms with E-state index in [-0.39, 0.29) is 0 Å². The largest absolute Gasteiger partial charge is 0.480 e. The predicted octanol–water partition coefficient (Wildman–Crippen LogP) is 1.41. The number of carbonyl (C=O) groups is 1. The van der Waals surface area contributed by atoms with E-state index in [4.69, 9.17) is 0 Å². The summed E-state index contributed by atoms with van der Waals surface area (Å²) in [5.41, 5.74) is -0.766. The molecule has 2 rings (SSSR count). The molecule has 0 radical (unpaired) electrons. The second-order valence-corrected chi connectivity index (χ2v) is 5.93. The van der Waals surface area contributed by atoms with Crippen molar-refractivity contribution < 1.29 is 9.90 Å². The third kappa shape index (κ3) is 2.20. The van der Waals surface area contributed by atoms with Crippen LogP contribution in [0.15, 0.2) is 0 Å². The van der Waals surface area contributed by atoms with E-state index >= 15 is 0 Å². The molecule has 4 heteroatoms. The number of fused-ring (bicyclic) bond motifs is 1. The summed E-state index contributed by atoms with van der Waals surface area (Å²) in [6.07, 6.45) is 4.93. The molecule has 0 amide bonds. The van der Waals surface area contributed by atoms with E-state index < -0.39 is 11.5 Å². The molecule has 0 spiro atoms. The van der Waals surface area contributed by atoms with Gasteiger partial charge in [0.1, 0.15) is 5.54 Å². The van der Waals surface area contributed by atoms with E-state index in [1.807, 2.05) is 7.05 Å². The number of carboxylic acid groups (broad SMARTS) is 1. The van der Waals surface area contributed by atoms with Gasteiger partial charge in [-0.1, -0.05) is 6.42 Å². The summed E-state index contributed by atoms with van der Waals surface area (Å²) in [5.74, 6) is -0.728. The molecule has 2 atom stereocenters. The van der Waals surface area contributed by atoms with E-state index in [0.717, 1.165) is 13.0 Å². The van der Waals surface area contributed by atoms with Crippen LogP contribution < -0.4 is 0 Å². The molecule has 2 aliphatic rings. The minimum Gasteiger partial charge on any atom is -0.480 e. The minimum atomic E-state index is -0.766. The van der Waals surface area contributed by atoms with Crippen LogP contribution in [0.1, 0.15) is 39.5 Å². The van der Waals surface area contributed by atoms with Gasteiger partial charge in [0.25, 0.3) is 0 Å². The SMILES string of the molecule is CN(C1CCN2CCCCC12)C(C)(C)C(=O)O. The Morgan fingerprint density at radius 1 is 1.29 bits per heavy atom. The van der Waals surface area contributed by atoms with Crippen molar-refractivity contribution in [3.05, 3.63) is 0 Å². The number of piperidine rings is 1. The molecule has 2 aliphatic heterocycles. The Morgan fingerprint density at radius 2 is 2.00 bits per heavy atom. The van der Waals surface area contributed by atoms with Crippen LogP contribution in [0.2, 0.25) is 0 Å². The molecule has 0 aromatic carbocycles. The minimum absolute atomic E-state index is 0.404. The molecule has 2 saturated heterocycles. The van der Waals surface area contributed by atoms with E-state index in [1.165, 1.54) is 25.8 Å². The summed E-state index contributed by atoms with van der Waals surface area (Å²) in [7, 11) is 1.97. The van der Waals surface area contributed by atoms with Crippen molar-refractivity contribution in [2.45, 2.75) is 57.2 Å². The van der Waals surface area contributed by atoms with Gasteiger partial charge >= 0.3 is 5.97 Å². The lowest BCUT2D eigenvalue weighted by Crippen LogP contribution is -2.56. The van der Waals surface area contributed by atoms with Gasteiger partial charge in [-0.25, -0.2) is 0 Å². The van der Waals surface area contributed by atoms with Crippen LogP contribution in [-0.4, -0.2) is 58.6 Å². The van der Waals surface area contributed by atoms with Gasteiger partial charge in [0.15, 0.2) is 0 Å². The molecule has 2 fully saturated rings. The van der Waals surface area contributed by atoms with Gasteiger partial charge in [-0.05, 0) is 46.7 Å². The van der Waals surface area contributed by atoms with Crippen molar-refractivity contribution in [3.63, 3.8) is 0 Å². The molecule has 0 aromatic heterocycles. The molecule has 1 N–H and O–H groups in total. The average molecular weight is 240 g/mol. The van der Waals surface area contributed by atoms with Crippen LogP contribution in [0, 0.1) is 0 Å². The molecule has 2 heterocycles. The molecular formula is C13H24N2O2. The number of hydrogen-bond acceptors (Lipinski definition) is 3. The summed E-state index contributed by atoms with van der Waals surface area (Å²) in [6.45, 7) is 5.94. The third-order valence-electron chi connectivity index (χ3n) is 4.72. The molecule has 2 unspecified atom stereocenters. The monoisotopic (exact) mass is 240 g/mol. The van der Waals surface area contributed by atoms with Crippen molar-refractivity contribution in [2.75, 3.05) is 20.1 Å². The highest BCUT2D eigenvalue weighted by atomic mass is 16.4. The summed E-state index contributed by atoms with van der Waals surface area (Å²) in [4.78, 5) is 15.9. The van der Waals surface area contributed by atoms with Crippen LogP contribution in [0.3, 0.4) is 0 Å². The zero-order chi connectivity index (χ0) is 12.6. The Balaban J connectivity index is 2.10. The van der Waals surface area contributed by atoms with Gasteiger partial charge in [-0.3, -0.25) is 14.6 Å². The maximum absolute atomic E-state index is 11.3. The molecule has 4 nitrogen and oxygen atoms in total. The Bertz CT molecular complexity index is 304. The molecule has 17 heavy (non-hydrogen) atoms. The fourth-order valence-electron chi connectivity index (χ4n) is 3.24. The van der Waals surface area contributed by atoms with Crippen molar-refractivity contribution in [1.29, 1.82) is 0 Å². The Hall–Kier alpha value is -0.610. The summed E-state index contributed by atoms with van der Waals surface area (Å²) in [5, 5.41) is 9.31. The quantitative estimate of drug-likeness (QED) is 0.810. The van der Waals surface area contributed by atoms with E-state index in [1.54, 1.807) is 13.8 Å². The van der Waals surface area contributed by atoms with Crippen molar-refractivity contribution in [1.82, 2.24) is 9.80 Å². The molecule has 0 aromatic rings. The first-order chi connectivity index (χ1) is 7.94. The van der Waals surface area contributed by atoms with Gasteiger partial charge in [-0.15, -0.1) is 0 Å². The first-order valence-electron chi connectivity index (χ1n) is 6.65. The number of likely N-dealkylation sites (N-methyl/N-ethyl adjacent to an activating group) is 1. The fourth-order valence-corrected chi connectivity index (χ4v) is 3.24. The van der Waals surface area contributed by atoms with Gasteiger partial charge in [-0.2, -0.15) is 0 Å². The zero-order valence-electron chi connectivity index (χ0n) is 11.1. The Morgan fingerprint density at radius 3 is 2.65 bits per heavy atom. The van der Waals surface area contributed by atoms with Gasteiger partial charge in [0.05, 0.1) is 0 Å². The molecule has 0 aliphatic carbocycles. The van der Waals surface area contributed by atoms with Crippen molar-refractivity contribution >= 4 is 5.97 Å². The van der Waals surface area contributed by atoms with Gasteiger partial charge in [0, 0.05) is 18.6 Å². The topological polar surface area (TPSA) is 43.8 Å². The number of hydrogen-bond donors (Lipinski definition) is 1. The summed E-state index contributed by atoms with van der Waals surface area (Å²) < 4.78 is 0. The smallest absolute Gasteiger partial charge is 0.323 e. The van der Waals surface area contributed by atoms with Crippen LogP contribution in [-0.2, 0) is 4.79 Å². The highest BCUT2D eigenvalue weighted by Gasteiger charge is 2.44. The van der Waals surface area contributed by atoms with Crippen molar-refractivity contribution in [3.8, 4) is 0 Å². The third-order valence-corrected chi connectivity index (χ3v) is 4.72. The first-order valence-corrected chi connectivity index (χ1v) is 6.65. The highest BCUT2D eigenvalue weighted by Crippen LogP contribution is 2.32. The predicted molar refractivity (Wildman–Crippen MR) is 67.1 cm³/mol. The summed E-state index contributed by atoms with van der Waals surface area (Å²) >= 11 is 0. The molecule has 98 valence electrons. The first kappa shape index (κ1) is 12.8. The average Bonchev–Trinajstić information content (AvgIpc) is 2.71. The van der Waals surface area contributed by atoms with Crippen LogP contribution in [0.4, 0.5) is 0 Å². The maximum atomic E-state index is 11.3. The second kappa shape index (κ2) is 4.58. The standard InChI is InChI=1S/C13H24N2O2/c1-13(2,12(16)17)14(3)10-7-9-15-8-5-4-6-11(10)15/h10-11H,4-9H2,1-3H3,(H,16,17). The van der Waals surface area contributed by atoms with Gasteiger partial charge < -0.3 is 5.11 Å². The number of aliphatic carboxylic acids is 1. The van der Waals surface area contributed by atoms with E-state index in [0.29, 0.717) is 12.1 Å². The van der Waals surface area contributed by atoms with Crippen LogP contribution in [0.25, 0.3) is 0 Å². The Labute approximate surface area is 104 Å². The second-order valence-electron chi connectivity index (χ2n) is 5.93. The van der Waals surface area contributed by atoms with Crippen LogP contribution in [0.5, 0.6) is 0 Å². The number of rotatable bonds is 3. The van der Waals surface area contributed by atoms with Crippen molar-refractivity contribution in [2.24, 2.45) is 0 Å². The lowest BCUT2D eigenvalue weighted by Gasteiger charge is -2.41. The number of carboxylic acids is 1. The normalized spacial score (nSPS) is 30.6. The Kier molecular flexibility index (Phi) is 3.46. The molecule has 0 saturated carbocycles. The zero-order valence-corrected chi connectivity index (χ0v) is 11.1. The van der Waals surface area contributed by atoms with E-state index in [9.17, 15) is 9.90 Å². The van der Waals surface area contributed by atoms with Crippen LogP contribution >= 0.6 is 0 Å². The highest BCUT2D eigenvalue weighted by molar-refractivity contribution is 5.77. The fraction of sp³-hybridized carbons (Fsp3) is 0.923. The number of nitrogens with zero attached hydrogens (tertiary/aromatic N) is 2. The maximum Gasteiger partial charge on any atom is 0.323 e. The van der Waals surface area contributed by atoms with Gasteiger partial charge in [0.2, 0.25) is 0 Å². The lowest BCUT2D eigenvalue weighted by atomic mass is 9.93. The molecule has 0 bridgehead atoms.